The molecule has 0 nitrogen and oxygen atoms in total. The van der Waals surface area contributed by atoms with Gasteiger partial charge in [-0.3, -0.25) is 0 Å². The quantitative estimate of drug-likeness (QED) is 0.660. The predicted molar refractivity (Wildman–Crippen MR) is 92.4 cm³/mol. The molecule has 3 rings (SSSR count). The Kier molecular flexibility index (Phi) is 4.19. The van der Waals surface area contributed by atoms with E-state index in [4.69, 9.17) is 11.8 Å². The molecular formula is C18H13F2PS. The van der Waals surface area contributed by atoms with Crippen molar-refractivity contribution in [2.75, 3.05) is 0 Å². The second-order valence-corrected chi connectivity index (χ2v) is 9.25. The second kappa shape index (κ2) is 6.12. The van der Waals surface area contributed by atoms with Crippen molar-refractivity contribution in [1.29, 1.82) is 0 Å². The van der Waals surface area contributed by atoms with Crippen LogP contribution in [0.15, 0.2) is 78.9 Å². The zero-order valence-electron chi connectivity index (χ0n) is 11.6. The summed E-state index contributed by atoms with van der Waals surface area (Å²) in [4.78, 5) is 0. The monoisotopic (exact) mass is 330 g/mol. The van der Waals surface area contributed by atoms with Gasteiger partial charge in [0.25, 0.3) is 0 Å². The van der Waals surface area contributed by atoms with Crippen LogP contribution >= 0.6 is 6.04 Å². The molecule has 110 valence electrons. The maximum atomic E-state index is 14.4. The second-order valence-electron chi connectivity index (χ2n) is 4.87. The van der Waals surface area contributed by atoms with E-state index in [1.54, 1.807) is 30.3 Å². The Morgan fingerprint density at radius 1 is 0.636 bits per heavy atom. The molecular weight excluding hydrogens is 317 g/mol. The van der Waals surface area contributed by atoms with Gasteiger partial charge in [0.15, 0.2) is 0 Å². The summed E-state index contributed by atoms with van der Waals surface area (Å²) in [6.45, 7) is 0. The van der Waals surface area contributed by atoms with Crippen molar-refractivity contribution in [2.45, 2.75) is 0 Å². The van der Waals surface area contributed by atoms with Gasteiger partial charge in [0.05, 0.1) is 0 Å². The molecule has 0 radical (unpaired) electrons. The third-order valence-electron chi connectivity index (χ3n) is 3.50. The molecule has 3 aromatic carbocycles. The predicted octanol–water partition coefficient (Wildman–Crippen LogP) is 3.72. The van der Waals surface area contributed by atoms with Gasteiger partial charge in [-0.1, -0.05) is 72.5 Å². The first kappa shape index (κ1) is 15.1. The van der Waals surface area contributed by atoms with Crippen molar-refractivity contribution in [2.24, 2.45) is 0 Å². The molecule has 0 heterocycles. The van der Waals surface area contributed by atoms with Crippen LogP contribution in [0, 0.1) is 11.6 Å². The molecule has 4 heteroatoms. The molecule has 0 bridgehead atoms. The number of hydrogen-bond acceptors (Lipinski definition) is 1. The molecule has 0 amide bonds. The van der Waals surface area contributed by atoms with E-state index in [9.17, 15) is 8.78 Å². The Bertz CT molecular complexity index is 829. The molecule has 1 atom stereocenters. The first-order chi connectivity index (χ1) is 10.6. The van der Waals surface area contributed by atoms with Crippen molar-refractivity contribution in [3.63, 3.8) is 0 Å². The molecule has 0 saturated heterocycles. The van der Waals surface area contributed by atoms with Gasteiger partial charge >= 0.3 is 0 Å². The summed E-state index contributed by atoms with van der Waals surface area (Å²) in [5.74, 6) is -0.647. The SMILES string of the molecule is Fc1ccc(P(=S)(c2ccccc2)c2ccccc2F)cc1. The molecule has 0 aliphatic heterocycles. The first-order valence-electron chi connectivity index (χ1n) is 6.79. The lowest BCUT2D eigenvalue weighted by Gasteiger charge is -2.24. The molecule has 0 aliphatic rings. The van der Waals surface area contributed by atoms with E-state index in [0.29, 0.717) is 5.30 Å². The van der Waals surface area contributed by atoms with Crippen molar-refractivity contribution in [3.8, 4) is 0 Å². The summed E-state index contributed by atoms with van der Waals surface area (Å²) in [7, 11) is 0. The van der Waals surface area contributed by atoms with Crippen LogP contribution in [0.2, 0.25) is 0 Å². The molecule has 0 saturated carbocycles. The fourth-order valence-electron chi connectivity index (χ4n) is 2.42. The summed E-state index contributed by atoms with van der Waals surface area (Å²) >= 11 is 5.98. The largest absolute Gasteiger partial charge is 0.207 e. The molecule has 3 aromatic rings. The first-order valence-corrected chi connectivity index (χ1v) is 9.59. The summed E-state index contributed by atoms with van der Waals surface area (Å²) in [6.07, 6.45) is 0. The Hall–Kier alpha value is -1.83. The Morgan fingerprint density at radius 3 is 1.82 bits per heavy atom. The van der Waals surface area contributed by atoms with Crippen LogP contribution in [0.3, 0.4) is 0 Å². The summed E-state index contributed by atoms with van der Waals surface area (Å²) in [5, 5.41) is 2.17. The highest BCUT2D eigenvalue weighted by Gasteiger charge is 2.27. The molecule has 0 aromatic heterocycles. The zero-order chi connectivity index (χ0) is 15.6. The van der Waals surface area contributed by atoms with Crippen molar-refractivity contribution in [1.82, 2.24) is 0 Å². The lowest BCUT2D eigenvalue weighted by Crippen LogP contribution is -2.26. The molecule has 0 fully saturated rings. The highest BCUT2D eigenvalue weighted by atomic mass is 32.4. The van der Waals surface area contributed by atoms with Gasteiger partial charge in [0, 0.05) is 11.3 Å². The molecule has 1 unspecified atom stereocenters. The number of hydrogen-bond donors (Lipinski definition) is 0. The Morgan fingerprint density at radius 2 is 1.18 bits per heavy atom. The maximum absolute atomic E-state index is 14.4. The van der Waals surface area contributed by atoms with Gasteiger partial charge in [-0.25, -0.2) is 8.78 Å². The lowest BCUT2D eigenvalue weighted by molar-refractivity contribution is 0.628. The van der Waals surface area contributed by atoms with Gasteiger partial charge < -0.3 is 0 Å². The normalized spacial score (nSPS) is 13.5. The van der Waals surface area contributed by atoms with Crippen LogP contribution < -0.4 is 15.9 Å². The van der Waals surface area contributed by atoms with Crippen LogP contribution in [0.1, 0.15) is 0 Å². The molecule has 0 spiro atoms. The van der Waals surface area contributed by atoms with Crippen molar-refractivity contribution < 1.29 is 8.78 Å². The van der Waals surface area contributed by atoms with E-state index < -0.39 is 6.04 Å². The highest BCUT2D eigenvalue weighted by Crippen LogP contribution is 2.43. The van der Waals surface area contributed by atoms with Crippen LogP contribution in [-0.2, 0) is 11.8 Å². The van der Waals surface area contributed by atoms with Crippen LogP contribution in [0.25, 0.3) is 0 Å². The summed E-state index contributed by atoms with van der Waals surface area (Å²) in [5.41, 5.74) is 0. The molecule has 22 heavy (non-hydrogen) atoms. The zero-order valence-corrected chi connectivity index (χ0v) is 13.3. The number of halogens is 2. The molecule has 0 N–H and O–H groups in total. The minimum Gasteiger partial charge on any atom is -0.207 e. The van der Waals surface area contributed by atoms with E-state index >= 15 is 0 Å². The maximum Gasteiger partial charge on any atom is 0.132 e. The smallest absolute Gasteiger partial charge is 0.132 e. The lowest BCUT2D eigenvalue weighted by atomic mass is 10.3. The average molecular weight is 330 g/mol. The number of rotatable bonds is 3. The van der Waals surface area contributed by atoms with Crippen molar-refractivity contribution in [3.05, 3.63) is 90.5 Å². The third-order valence-corrected chi connectivity index (χ3v) is 8.45. The van der Waals surface area contributed by atoms with Gasteiger partial charge in [-0.2, -0.15) is 0 Å². The standard InChI is InChI=1S/C18H13F2PS/c19-14-10-12-16(13-11-14)21(22,15-6-2-1-3-7-15)18-9-5-4-8-17(18)20/h1-13H. The van der Waals surface area contributed by atoms with Gasteiger partial charge in [0.1, 0.15) is 11.6 Å². The highest BCUT2D eigenvalue weighted by molar-refractivity contribution is 8.25. The van der Waals surface area contributed by atoms with Crippen LogP contribution in [-0.4, -0.2) is 0 Å². The average Bonchev–Trinajstić information content (AvgIpc) is 2.56. The van der Waals surface area contributed by atoms with Gasteiger partial charge in [-0.15, -0.1) is 0 Å². The fraction of sp³-hybridized carbons (Fsp3) is 0. The minimum absolute atomic E-state index is 0.320. The van der Waals surface area contributed by atoms with E-state index in [0.717, 1.165) is 10.6 Å². The minimum atomic E-state index is -2.54. The Labute approximate surface area is 133 Å². The molecule has 0 aliphatic carbocycles. The third kappa shape index (κ3) is 2.63. The van der Waals surface area contributed by atoms with Crippen LogP contribution in [0.4, 0.5) is 8.78 Å². The van der Waals surface area contributed by atoms with E-state index in [-0.39, 0.29) is 11.6 Å². The van der Waals surface area contributed by atoms with E-state index in [1.807, 2.05) is 30.3 Å². The fourth-order valence-corrected chi connectivity index (χ4v) is 6.28. The van der Waals surface area contributed by atoms with Crippen LogP contribution in [0.5, 0.6) is 0 Å². The van der Waals surface area contributed by atoms with Gasteiger partial charge in [-0.05, 0) is 28.8 Å². The number of benzene rings is 3. The van der Waals surface area contributed by atoms with Crippen molar-refractivity contribution >= 4 is 33.8 Å². The topological polar surface area (TPSA) is 0 Å². The summed E-state index contributed by atoms with van der Waals surface area (Å²) in [6, 6.07) is 19.6. The van der Waals surface area contributed by atoms with E-state index in [2.05, 4.69) is 0 Å². The van der Waals surface area contributed by atoms with E-state index in [1.165, 1.54) is 18.2 Å². The Balaban J connectivity index is 2.30. The van der Waals surface area contributed by atoms with Gasteiger partial charge in [0.2, 0.25) is 0 Å². The summed E-state index contributed by atoms with van der Waals surface area (Å²) < 4.78 is 27.7.